The van der Waals surface area contributed by atoms with Crippen LogP contribution >= 0.6 is 11.3 Å². The van der Waals surface area contributed by atoms with Crippen LogP contribution in [0.15, 0.2) is 54.3 Å². The Labute approximate surface area is 270 Å². The lowest BCUT2D eigenvalue weighted by Gasteiger charge is -2.31. The number of anilines is 4. The van der Waals surface area contributed by atoms with E-state index >= 15 is 8.78 Å². The number of hydrogen-bond donors (Lipinski definition) is 4. The van der Waals surface area contributed by atoms with Gasteiger partial charge in [-0.3, -0.25) is 10.1 Å². The molecule has 19 heteroatoms. The largest absolute Gasteiger partial charge is 0.491 e. The van der Waals surface area contributed by atoms with E-state index in [4.69, 9.17) is 4.74 Å². The number of nitrogens with zero attached hydrogens (tertiary/aromatic N) is 5. The molecule has 48 heavy (non-hydrogen) atoms. The molecule has 0 saturated heterocycles. The van der Waals surface area contributed by atoms with Crippen LogP contribution in [0.1, 0.15) is 27.3 Å². The van der Waals surface area contributed by atoms with E-state index in [1.165, 1.54) is 31.6 Å². The number of hydrogen-bond acceptors (Lipinski definition) is 10. The van der Waals surface area contributed by atoms with Crippen LogP contribution in [-0.4, -0.2) is 49.0 Å². The maximum absolute atomic E-state index is 15.1. The molecule has 1 aliphatic heterocycles. The summed E-state index contributed by atoms with van der Waals surface area (Å²) in [6, 6.07) is 4.46. The first-order valence-electron chi connectivity index (χ1n) is 13.7. The second kappa shape index (κ2) is 12.7. The average Bonchev–Trinajstić information content (AvgIpc) is 3.75. The Morgan fingerprint density at radius 1 is 1.08 bits per heavy atom. The molecule has 6 rings (SSSR count). The standard InChI is InChI=1S/C29H20F5N9O4S/c1-13-5-6-14(24(44)42-27-37-9-10-48-27)22(47-25(45)29(32,33)34)19(13)20-15-11-39-28(46)43(21-16(30)3-2-4-17(21)31)23(15)41-26(40-20)38-12-18-35-7-8-36-18/h2-10H,11-12H2,1H3,(H,35,36)(H,39,46)(H,37,42,44)(H,38,40,41). The number of amides is 3. The molecule has 0 aliphatic carbocycles. The number of H-pyrrole nitrogens is 1. The third-order valence-corrected chi connectivity index (χ3v) is 7.56. The molecule has 0 radical (unpaired) electrons. The van der Waals surface area contributed by atoms with Gasteiger partial charge in [-0.2, -0.15) is 18.2 Å². The number of benzene rings is 2. The molecule has 3 aromatic heterocycles. The van der Waals surface area contributed by atoms with E-state index in [1.807, 2.05) is 0 Å². The zero-order chi connectivity index (χ0) is 34.2. The number of ether oxygens (including phenoxy) is 1. The Morgan fingerprint density at radius 2 is 1.85 bits per heavy atom. The Bertz CT molecular complexity index is 2020. The SMILES string of the molecule is Cc1ccc(C(=O)Nc2nccs2)c(OC(=O)C(F)(F)F)c1-c1nc(NCc2ncc[nH]2)nc2c1CNC(=O)N2c1c(F)cccc1F. The van der Waals surface area contributed by atoms with Gasteiger partial charge in [0, 0.05) is 35.1 Å². The van der Waals surface area contributed by atoms with Crippen molar-refractivity contribution < 1.29 is 41.1 Å². The predicted molar refractivity (Wildman–Crippen MR) is 161 cm³/mol. The van der Waals surface area contributed by atoms with E-state index in [0.29, 0.717) is 10.7 Å². The highest BCUT2D eigenvalue weighted by Crippen LogP contribution is 2.44. The molecule has 1 aliphatic rings. The average molecular weight is 686 g/mol. The van der Waals surface area contributed by atoms with Gasteiger partial charge in [-0.15, -0.1) is 11.3 Å². The second-order valence-corrected chi connectivity index (χ2v) is 10.9. The van der Waals surface area contributed by atoms with E-state index < -0.39 is 52.7 Å². The highest BCUT2D eigenvalue weighted by atomic mass is 32.1. The van der Waals surface area contributed by atoms with Crippen molar-refractivity contribution >= 4 is 51.8 Å². The van der Waals surface area contributed by atoms with Gasteiger partial charge in [0.2, 0.25) is 5.95 Å². The van der Waals surface area contributed by atoms with E-state index in [2.05, 4.69) is 40.9 Å². The van der Waals surface area contributed by atoms with Gasteiger partial charge in [-0.25, -0.2) is 38.2 Å². The lowest BCUT2D eigenvalue weighted by Crippen LogP contribution is -2.43. The summed E-state index contributed by atoms with van der Waals surface area (Å²) in [5.41, 5.74) is -1.67. The molecule has 0 spiro atoms. The van der Waals surface area contributed by atoms with Crippen LogP contribution < -0.4 is 25.6 Å². The monoisotopic (exact) mass is 685 g/mol. The summed E-state index contributed by atoms with van der Waals surface area (Å²) in [6.45, 7) is 1.04. The second-order valence-electron chi connectivity index (χ2n) is 9.96. The van der Waals surface area contributed by atoms with Crippen molar-refractivity contribution in [3.63, 3.8) is 0 Å². The van der Waals surface area contributed by atoms with Crippen molar-refractivity contribution in [2.45, 2.75) is 26.2 Å². The number of carbonyl (C=O) groups is 3. The molecular weight excluding hydrogens is 665 g/mol. The number of esters is 1. The number of carbonyl (C=O) groups excluding carboxylic acids is 3. The van der Waals surface area contributed by atoms with Crippen LogP contribution in [0.2, 0.25) is 0 Å². The third-order valence-electron chi connectivity index (χ3n) is 6.87. The maximum Gasteiger partial charge on any atom is 0.491 e. The van der Waals surface area contributed by atoms with Crippen LogP contribution in [0, 0.1) is 18.6 Å². The number of aryl methyl sites for hydroxylation is 1. The van der Waals surface area contributed by atoms with Crippen molar-refractivity contribution in [1.82, 2.24) is 30.2 Å². The zero-order valence-corrected chi connectivity index (χ0v) is 25.1. The lowest BCUT2D eigenvalue weighted by molar-refractivity contribution is -0.189. The molecule has 2 aromatic carbocycles. The van der Waals surface area contributed by atoms with Gasteiger partial charge in [-0.1, -0.05) is 12.1 Å². The lowest BCUT2D eigenvalue weighted by atomic mass is 9.96. The van der Waals surface area contributed by atoms with Gasteiger partial charge in [0.05, 0.1) is 24.3 Å². The van der Waals surface area contributed by atoms with Crippen molar-refractivity contribution in [3.8, 4) is 17.0 Å². The molecule has 13 nitrogen and oxygen atoms in total. The molecule has 3 amide bonds. The van der Waals surface area contributed by atoms with Gasteiger partial charge in [0.1, 0.15) is 23.1 Å². The van der Waals surface area contributed by atoms with E-state index in [0.717, 1.165) is 35.6 Å². The fourth-order valence-electron chi connectivity index (χ4n) is 4.77. The Morgan fingerprint density at radius 3 is 2.52 bits per heavy atom. The number of halogens is 5. The molecule has 5 aromatic rings. The van der Waals surface area contributed by atoms with Gasteiger partial charge in [0.15, 0.2) is 16.7 Å². The number of rotatable bonds is 8. The number of nitrogens with one attached hydrogen (secondary N) is 4. The summed E-state index contributed by atoms with van der Waals surface area (Å²) in [5, 5.41) is 9.40. The number of fused-ring (bicyclic) bond motifs is 1. The zero-order valence-electron chi connectivity index (χ0n) is 24.3. The van der Waals surface area contributed by atoms with E-state index in [-0.39, 0.29) is 52.4 Å². The van der Waals surface area contributed by atoms with Crippen LogP contribution in [0.4, 0.5) is 49.3 Å². The maximum atomic E-state index is 15.1. The Balaban J connectivity index is 1.60. The number of urea groups is 1. The predicted octanol–water partition coefficient (Wildman–Crippen LogP) is 5.60. The van der Waals surface area contributed by atoms with E-state index in [1.54, 1.807) is 5.38 Å². The fourth-order valence-corrected chi connectivity index (χ4v) is 5.30. The van der Waals surface area contributed by atoms with Gasteiger partial charge < -0.3 is 20.4 Å². The van der Waals surface area contributed by atoms with Gasteiger partial charge in [0.25, 0.3) is 5.91 Å². The summed E-state index contributed by atoms with van der Waals surface area (Å²) in [4.78, 5) is 59.1. The van der Waals surface area contributed by atoms with Crippen LogP contribution in [0.25, 0.3) is 11.3 Å². The van der Waals surface area contributed by atoms with Crippen molar-refractivity contribution in [1.29, 1.82) is 0 Å². The Kier molecular flexibility index (Phi) is 8.44. The van der Waals surface area contributed by atoms with Gasteiger partial charge in [-0.05, 0) is 30.7 Å². The number of thiazole rings is 1. The first kappa shape index (κ1) is 32.0. The van der Waals surface area contributed by atoms with Crippen molar-refractivity contribution in [2.24, 2.45) is 0 Å². The van der Waals surface area contributed by atoms with Gasteiger partial charge >= 0.3 is 18.2 Å². The molecule has 246 valence electrons. The molecule has 0 bridgehead atoms. The molecule has 0 atom stereocenters. The quantitative estimate of drug-likeness (QED) is 0.0923. The number of aromatic nitrogens is 5. The highest BCUT2D eigenvalue weighted by molar-refractivity contribution is 7.13. The molecule has 4 heterocycles. The minimum absolute atomic E-state index is 0.0311. The first-order chi connectivity index (χ1) is 22.9. The number of para-hydroxylation sites is 1. The van der Waals surface area contributed by atoms with Crippen LogP contribution in [0.3, 0.4) is 0 Å². The summed E-state index contributed by atoms with van der Waals surface area (Å²) >= 11 is 1.02. The molecule has 4 N–H and O–H groups in total. The highest BCUT2D eigenvalue weighted by Gasteiger charge is 2.43. The number of imidazole rings is 1. The fraction of sp³-hybridized carbons (Fsp3) is 0.138. The summed E-state index contributed by atoms with van der Waals surface area (Å²) in [7, 11) is 0. The summed E-state index contributed by atoms with van der Waals surface area (Å²) in [5.74, 6) is -6.89. The number of aromatic amines is 1. The minimum Gasteiger partial charge on any atom is -0.418 e. The van der Waals surface area contributed by atoms with E-state index in [9.17, 15) is 27.6 Å². The van der Waals surface area contributed by atoms with Crippen molar-refractivity contribution in [3.05, 3.63) is 88.5 Å². The van der Waals surface area contributed by atoms with Crippen molar-refractivity contribution in [2.75, 3.05) is 15.5 Å². The smallest absolute Gasteiger partial charge is 0.418 e. The molecule has 0 fully saturated rings. The topological polar surface area (TPSA) is 167 Å². The van der Waals surface area contributed by atoms with Crippen LogP contribution in [-0.2, 0) is 17.9 Å². The molecular formula is C29H20F5N9O4S. The molecule has 0 unspecified atom stereocenters. The minimum atomic E-state index is -5.47. The van der Waals surface area contributed by atoms with Crippen LogP contribution in [0.5, 0.6) is 5.75 Å². The number of alkyl halides is 3. The summed E-state index contributed by atoms with van der Waals surface area (Å²) < 4.78 is 75.8. The summed E-state index contributed by atoms with van der Waals surface area (Å²) in [6.07, 6.45) is -1.08. The first-order valence-corrected chi connectivity index (χ1v) is 14.6. The molecule has 0 saturated carbocycles. The Hall–Kier alpha value is -5.98. The normalized spacial score (nSPS) is 12.7. The third kappa shape index (κ3) is 6.21.